The minimum absolute atomic E-state index is 0.0862. The fourth-order valence-electron chi connectivity index (χ4n) is 3.92. The summed E-state index contributed by atoms with van der Waals surface area (Å²) in [6, 6.07) is 5.82. The van der Waals surface area contributed by atoms with Crippen LogP contribution >= 0.6 is 0 Å². The molecule has 1 atom stereocenters. The Bertz CT molecular complexity index is 1060. The summed E-state index contributed by atoms with van der Waals surface area (Å²) in [5.41, 5.74) is 2.89. The summed E-state index contributed by atoms with van der Waals surface area (Å²) in [6.45, 7) is 4.77. The molecule has 0 aliphatic carbocycles. The van der Waals surface area contributed by atoms with Crippen LogP contribution in [0.5, 0.6) is 5.75 Å². The number of ether oxygens (including phenoxy) is 1. The SMILES string of the molecule is COc1cncc(N2Cc3nn(-c4ccc(N5CC[C@H](C)C5)nc4)cc3C2=O)c1. The maximum atomic E-state index is 12.9. The third-order valence-electron chi connectivity index (χ3n) is 5.56. The molecule has 2 aliphatic heterocycles. The second kappa shape index (κ2) is 6.88. The zero-order valence-corrected chi connectivity index (χ0v) is 16.4. The van der Waals surface area contributed by atoms with Crippen LogP contribution in [0.15, 0.2) is 43.0 Å². The highest BCUT2D eigenvalue weighted by Crippen LogP contribution is 2.30. The van der Waals surface area contributed by atoms with E-state index in [4.69, 9.17) is 4.74 Å². The summed E-state index contributed by atoms with van der Waals surface area (Å²) < 4.78 is 6.94. The molecule has 3 aromatic heterocycles. The molecule has 8 heteroatoms. The number of methoxy groups -OCH3 is 1. The van der Waals surface area contributed by atoms with Gasteiger partial charge in [-0.3, -0.25) is 9.78 Å². The third-order valence-corrected chi connectivity index (χ3v) is 5.56. The number of nitrogens with zero attached hydrogens (tertiary/aromatic N) is 6. The minimum Gasteiger partial charge on any atom is -0.495 e. The molecule has 1 fully saturated rings. The Balaban J connectivity index is 1.36. The van der Waals surface area contributed by atoms with E-state index >= 15 is 0 Å². The predicted molar refractivity (Wildman–Crippen MR) is 109 cm³/mol. The number of hydrogen-bond acceptors (Lipinski definition) is 6. The molecule has 0 saturated carbocycles. The second-order valence-corrected chi connectivity index (χ2v) is 7.62. The van der Waals surface area contributed by atoms with Gasteiger partial charge in [-0.25, -0.2) is 9.67 Å². The summed E-state index contributed by atoms with van der Waals surface area (Å²) in [5, 5.41) is 4.62. The first-order valence-corrected chi connectivity index (χ1v) is 9.73. The van der Waals surface area contributed by atoms with Crippen molar-refractivity contribution in [3.63, 3.8) is 0 Å². The van der Waals surface area contributed by atoms with Gasteiger partial charge in [-0.05, 0) is 24.5 Å². The van der Waals surface area contributed by atoms with Crippen molar-refractivity contribution >= 4 is 17.4 Å². The monoisotopic (exact) mass is 390 g/mol. The van der Waals surface area contributed by atoms with Gasteiger partial charge in [0.15, 0.2) is 0 Å². The van der Waals surface area contributed by atoms with E-state index in [0.717, 1.165) is 30.3 Å². The van der Waals surface area contributed by atoms with Crippen LogP contribution in [-0.4, -0.2) is 45.9 Å². The third kappa shape index (κ3) is 3.10. The Morgan fingerprint density at radius 3 is 2.76 bits per heavy atom. The first-order valence-electron chi connectivity index (χ1n) is 9.73. The lowest BCUT2D eigenvalue weighted by Gasteiger charge is -2.17. The van der Waals surface area contributed by atoms with E-state index in [0.29, 0.717) is 29.5 Å². The van der Waals surface area contributed by atoms with Gasteiger partial charge in [-0.2, -0.15) is 5.10 Å². The fraction of sp³-hybridized carbons (Fsp3) is 0.333. The Morgan fingerprint density at radius 2 is 2.07 bits per heavy atom. The van der Waals surface area contributed by atoms with Crippen LogP contribution in [0.4, 0.5) is 11.5 Å². The lowest BCUT2D eigenvalue weighted by molar-refractivity contribution is 0.0996. The zero-order chi connectivity index (χ0) is 20.0. The van der Waals surface area contributed by atoms with Crippen LogP contribution in [0.1, 0.15) is 29.4 Å². The summed E-state index contributed by atoms with van der Waals surface area (Å²) in [4.78, 5) is 25.6. The standard InChI is InChI=1S/C21H22N6O2/c1-14-5-6-25(11-14)20-4-3-15(9-23-20)27-12-18-19(24-27)13-26(21(18)28)16-7-17(29-2)10-22-8-16/h3-4,7-10,12,14H,5-6,11,13H2,1-2H3/t14-/m0/s1. The molecular weight excluding hydrogens is 368 g/mol. The van der Waals surface area contributed by atoms with Crippen molar-refractivity contribution in [2.45, 2.75) is 19.9 Å². The van der Waals surface area contributed by atoms with E-state index in [1.165, 1.54) is 6.42 Å². The Labute approximate surface area is 168 Å². The van der Waals surface area contributed by atoms with Crippen LogP contribution in [0, 0.1) is 5.92 Å². The molecule has 29 heavy (non-hydrogen) atoms. The van der Waals surface area contributed by atoms with Gasteiger partial charge in [0.1, 0.15) is 11.6 Å². The van der Waals surface area contributed by atoms with E-state index in [1.54, 1.807) is 41.3 Å². The van der Waals surface area contributed by atoms with Crippen molar-refractivity contribution in [1.82, 2.24) is 19.7 Å². The van der Waals surface area contributed by atoms with Gasteiger partial charge in [0, 0.05) is 25.4 Å². The molecule has 0 unspecified atom stereocenters. The van der Waals surface area contributed by atoms with Crippen molar-refractivity contribution in [3.05, 3.63) is 54.2 Å². The molecule has 0 radical (unpaired) electrons. The first-order chi connectivity index (χ1) is 14.1. The van der Waals surface area contributed by atoms with Crippen LogP contribution in [0.3, 0.4) is 0 Å². The smallest absolute Gasteiger partial charge is 0.262 e. The Morgan fingerprint density at radius 1 is 1.17 bits per heavy atom. The predicted octanol–water partition coefficient (Wildman–Crippen LogP) is 2.68. The van der Waals surface area contributed by atoms with Crippen molar-refractivity contribution in [2.75, 3.05) is 30.0 Å². The lowest BCUT2D eigenvalue weighted by atomic mass is 10.2. The molecule has 2 aliphatic rings. The molecular formula is C21H22N6O2. The van der Waals surface area contributed by atoms with Gasteiger partial charge in [0.05, 0.1) is 54.9 Å². The van der Waals surface area contributed by atoms with Gasteiger partial charge in [0.25, 0.3) is 5.91 Å². The number of rotatable bonds is 4. The Hall–Kier alpha value is -3.42. The van der Waals surface area contributed by atoms with Crippen molar-refractivity contribution in [1.29, 1.82) is 0 Å². The van der Waals surface area contributed by atoms with Gasteiger partial charge < -0.3 is 14.5 Å². The Kier molecular flexibility index (Phi) is 4.19. The number of amides is 1. The summed E-state index contributed by atoms with van der Waals surface area (Å²) in [7, 11) is 1.58. The topological polar surface area (TPSA) is 76.4 Å². The van der Waals surface area contributed by atoms with Crippen LogP contribution in [0.25, 0.3) is 5.69 Å². The molecule has 0 N–H and O–H groups in total. The van der Waals surface area contributed by atoms with E-state index in [-0.39, 0.29) is 5.91 Å². The number of pyridine rings is 2. The van der Waals surface area contributed by atoms with Crippen LogP contribution in [0.2, 0.25) is 0 Å². The fourth-order valence-corrected chi connectivity index (χ4v) is 3.92. The van der Waals surface area contributed by atoms with Crippen LogP contribution in [-0.2, 0) is 6.54 Å². The normalized spacial score (nSPS) is 18.4. The number of carbonyl (C=O) groups is 1. The number of anilines is 2. The summed E-state index contributed by atoms with van der Waals surface area (Å²) in [5.74, 6) is 2.23. The van der Waals surface area contributed by atoms with Crippen molar-refractivity contribution in [2.24, 2.45) is 5.92 Å². The van der Waals surface area contributed by atoms with Gasteiger partial charge in [0.2, 0.25) is 0 Å². The molecule has 148 valence electrons. The molecule has 5 rings (SSSR count). The second-order valence-electron chi connectivity index (χ2n) is 7.62. The number of fused-ring (bicyclic) bond motifs is 1. The highest BCUT2D eigenvalue weighted by atomic mass is 16.5. The highest BCUT2D eigenvalue weighted by molar-refractivity contribution is 6.09. The van der Waals surface area contributed by atoms with Gasteiger partial charge in [-0.1, -0.05) is 6.92 Å². The van der Waals surface area contributed by atoms with E-state index in [9.17, 15) is 4.79 Å². The molecule has 3 aromatic rings. The molecule has 5 heterocycles. The average molecular weight is 390 g/mol. The summed E-state index contributed by atoms with van der Waals surface area (Å²) in [6.07, 6.45) is 8.07. The number of aromatic nitrogens is 4. The number of hydrogen-bond donors (Lipinski definition) is 0. The molecule has 0 aromatic carbocycles. The molecule has 1 saturated heterocycles. The van der Waals surface area contributed by atoms with Gasteiger partial charge >= 0.3 is 0 Å². The molecule has 0 spiro atoms. The molecule has 1 amide bonds. The average Bonchev–Trinajstić information content (AvgIpc) is 3.44. The lowest BCUT2D eigenvalue weighted by Crippen LogP contribution is -2.24. The molecule has 8 nitrogen and oxygen atoms in total. The summed E-state index contributed by atoms with van der Waals surface area (Å²) >= 11 is 0. The van der Waals surface area contributed by atoms with Crippen LogP contribution < -0.4 is 14.5 Å². The minimum atomic E-state index is -0.0862. The maximum absolute atomic E-state index is 12.9. The maximum Gasteiger partial charge on any atom is 0.262 e. The van der Waals surface area contributed by atoms with E-state index in [2.05, 4.69) is 26.9 Å². The van der Waals surface area contributed by atoms with Crippen molar-refractivity contribution < 1.29 is 9.53 Å². The zero-order valence-electron chi connectivity index (χ0n) is 16.4. The highest BCUT2D eigenvalue weighted by Gasteiger charge is 2.32. The van der Waals surface area contributed by atoms with E-state index < -0.39 is 0 Å². The number of carbonyl (C=O) groups excluding carboxylic acids is 1. The van der Waals surface area contributed by atoms with Crippen molar-refractivity contribution in [3.8, 4) is 11.4 Å². The quantitative estimate of drug-likeness (QED) is 0.682. The van der Waals surface area contributed by atoms with Gasteiger partial charge in [-0.15, -0.1) is 0 Å². The molecule has 0 bridgehead atoms. The van der Waals surface area contributed by atoms with E-state index in [1.807, 2.05) is 18.3 Å². The first kappa shape index (κ1) is 17.7. The largest absolute Gasteiger partial charge is 0.495 e.